The first-order chi connectivity index (χ1) is 11.5. The lowest BCUT2D eigenvalue weighted by atomic mass is 10.2. The van der Waals surface area contributed by atoms with Crippen LogP contribution in [0.4, 0.5) is 15.8 Å². The molecule has 0 aliphatic heterocycles. The number of para-hydroxylation sites is 1. The second-order valence-corrected chi connectivity index (χ2v) is 5.40. The Morgan fingerprint density at radius 3 is 2.62 bits per heavy atom. The van der Waals surface area contributed by atoms with Gasteiger partial charge in [-0.2, -0.15) is 4.39 Å². The number of hydrogen-bond acceptors (Lipinski definition) is 5. The van der Waals surface area contributed by atoms with Crippen LogP contribution >= 0.6 is 0 Å². The molecular formula is C17H19FN2O4. The van der Waals surface area contributed by atoms with Gasteiger partial charge in [-0.05, 0) is 17.7 Å². The number of anilines is 1. The fraction of sp³-hybridized carbons (Fsp3) is 0.294. The molecular weight excluding hydrogens is 315 g/mol. The summed E-state index contributed by atoms with van der Waals surface area (Å²) in [4.78, 5) is 11.7. The van der Waals surface area contributed by atoms with E-state index in [0.717, 1.165) is 11.6 Å². The van der Waals surface area contributed by atoms with Gasteiger partial charge in [0.2, 0.25) is 5.82 Å². The Hall–Kier alpha value is -2.51. The number of nitro groups is 1. The zero-order valence-corrected chi connectivity index (χ0v) is 13.3. The molecule has 0 bridgehead atoms. The standard InChI is InChI=1S/C17H19FN2O4/c1-19(16-9-5-8-15(18)17(16)20(22)23)10-14(21)12-24-11-13-6-3-2-4-7-13/h2-9,14,21H,10-12H2,1H3. The second kappa shape index (κ2) is 8.37. The van der Waals surface area contributed by atoms with E-state index >= 15 is 0 Å². The molecule has 1 atom stereocenters. The van der Waals surface area contributed by atoms with Crippen molar-refractivity contribution in [3.63, 3.8) is 0 Å². The molecule has 0 radical (unpaired) electrons. The van der Waals surface area contributed by atoms with E-state index in [4.69, 9.17) is 4.74 Å². The van der Waals surface area contributed by atoms with Gasteiger partial charge in [0.1, 0.15) is 5.69 Å². The number of aliphatic hydroxyl groups excluding tert-OH is 1. The number of halogens is 1. The summed E-state index contributed by atoms with van der Waals surface area (Å²) in [5.74, 6) is -0.904. The van der Waals surface area contributed by atoms with Gasteiger partial charge in [-0.25, -0.2) is 0 Å². The van der Waals surface area contributed by atoms with E-state index in [0.29, 0.717) is 6.61 Å². The molecule has 0 aliphatic rings. The average molecular weight is 334 g/mol. The predicted octanol–water partition coefficient (Wildman–Crippen LogP) is 2.75. The number of aliphatic hydroxyl groups is 1. The Balaban J connectivity index is 1.91. The normalized spacial score (nSPS) is 12.0. The lowest BCUT2D eigenvalue weighted by molar-refractivity contribution is -0.386. The molecule has 0 amide bonds. The first-order valence-electron chi connectivity index (χ1n) is 7.43. The SMILES string of the molecule is CN(CC(O)COCc1ccccc1)c1cccc(F)c1[N+](=O)[O-]. The average Bonchev–Trinajstić information content (AvgIpc) is 2.55. The first-order valence-corrected chi connectivity index (χ1v) is 7.43. The summed E-state index contributed by atoms with van der Waals surface area (Å²) < 4.78 is 19.1. The maximum atomic E-state index is 13.6. The lowest BCUT2D eigenvalue weighted by Crippen LogP contribution is -2.32. The summed E-state index contributed by atoms with van der Waals surface area (Å²) in [5, 5.41) is 21.0. The van der Waals surface area contributed by atoms with Crippen LogP contribution in [0.3, 0.4) is 0 Å². The molecule has 0 saturated carbocycles. The van der Waals surface area contributed by atoms with Gasteiger partial charge in [0.05, 0.1) is 24.2 Å². The minimum Gasteiger partial charge on any atom is -0.389 e. The molecule has 0 aromatic heterocycles. The number of hydrogen-bond donors (Lipinski definition) is 1. The molecule has 128 valence electrons. The van der Waals surface area contributed by atoms with Crippen LogP contribution in [-0.2, 0) is 11.3 Å². The molecule has 2 aromatic rings. The van der Waals surface area contributed by atoms with E-state index in [-0.39, 0.29) is 18.8 Å². The third kappa shape index (κ3) is 4.74. The van der Waals surface area contributed by atoms with Crippen LogP contribution in [0.5, 0.6) is 0 Å². The van der Waals surface area contributed by atoms with E-state index < -0.39 is 22.5 Å². The third-order valence-corrected chi connectivity index (χ3v) is 3.47. The Morgan fingerprint density at radius 2 is 1.96 bits per heavy atom. The molecule has 0 fully saturated rings. The highest BCUT2D eigenvalue weighted by atomic mass is 19.1. The fourth-order valence-corrected chi connectivity index (χ4v) is 2.35. The van der Waals surface area contributed by atoms with Crippen LogP contribution in [0, 0.1) is 15.9 Å². The molecule has 0 heterocycles. The van der Waals surface area contributed by atoms with E-state index in [9.17, 15) is 19.6 Å². The minimum absolute atomic E-state index is 0.0718. The van der Waals surface area contributed by atoms with E-state index in [1.165, 1.54) is 17.0 Å². The highest BCUT2D eigenvalue weighted by Crippen LogP contribution is 2.29. The molecule has 2 aromatic carbocycles. The van der Waals surface area contributed by atoms with Crippen LogP contribution in [0.2, 0.25) is 0 Å². The molecule has 1 unspecified atom stereocenters. The van der Waals surface area contributed by atoms with Crippen molar-refractivity contribution in [3.8, 4) is 0 Å². The van der Waals surface area contributed by atoms with Gasteiger partial charge >= 0.3 is 5.69 Å². The predicted molar refractivity (Wildman–Crippen MR) is 88.4 cm³/mol. The van der Waals surface area contributed by atoms with Crippen molar-refractivity contribution in [3.05, 3.63) is 70.0 Å². The summed E-state index contributed by atoms with van der Waals surface area (Å²) in [6.07, 6.45) is -0.860. The topological polar surface area (TPSA) is 75.8 Å². The fourth-order valence-electron chi connectivity index (χ4n) is 2.35. The van der Waals surface area contributed by atoms with Gasteiger partial charge in [0.15, 0.2) is 0 Å². The number of ether oxygens (including phenoxy) is 1. The van der Waals surface area contributed by atoms with Crippen LogP contribution in [0.1, 0.15) is 5.56 Å². The quantitative estimate of drug-likeness (QED) is 0.593. The van der Waals surface area contributed by atoms with Crippen LogP contribution in [0.25, 0.3) is 0 Å². The van der Waals surface area contributed by atoms with Gasteiger partial charge < -0.3 is 14.7 Å². The Morgan fingerprint density at radius 1 is 1.25 bits per heavy atom. The Kier molecular flexibility index (Phi) is 6.22. The highest BCUT2D eigenvalue weighted by Gasteiger charge is 2.23. The molecule has 2 rings (SSSR count). The van der Waals surface area contributed by atoms with Crippen LogP contribution < -0.4 is 4.90 Å². The highest BCUT2D eigenvalue weighted by molar-refractivity contribution is 5.63. The zero-order chi connectivity index (χ0) is 17.5. The second-order valence-electron chi connectivity index (χ2n) is 5.40. The van der Waals surface area contributed by atoms with Crippen LogP contribution in [-0.4, -0.2) is 36.3 Å². The van der Waals surface area contributed by atoms with Crippen LogP contribution in [0.15, 0.2) is 48.5 Å². The summed E-state index contributed by atoms with van der Waals surface area (Å²) in [6, 6.07) is 13.4. The summed E-state index contributed by atoms with van der Waals surface area (Å²) in [6.45, 7) is 0.517. The number of rotatable bonds is 8. The zero-order valence-electron chi connectivity index (χ0n) is 13.3. The van der Waals surface area contributed by atoms with Crippen molar-refractivity contribution >= 4 is 11.4 Å². The molecule has 0 saturated heterocycles. The molecule has 24 heavy (non-hydrogen) atoms. The number of nitro benzene ring substituents is 1. The van der Waals surface area contributed by atoms with Gasteiger partial charge in [0.25, 0.3) is 0 Å². The number of nitrogens with zero attached hydrogens (tertiary/aromatic N) is 2. The molecule has 6 nitrogen and oxygen atoms in total. The van der Waals surface area contributed by atoms with Crippen molar-refractivity contribution in [1.29, 1.82) is 0 Å². The van der Waals surface area contributed by atoms with Crippen molar-refractivity contribution in [2.24, 2.45) is 0 Å². The van der Waals surface area contributed by atoms with Crippen molar-refractivity contribution in [2.75, 3.05) is 25.1 Å². The maximum Gasteiger partial charge on any atom is 0.327 e. The lowest BCUT2D eigenvalue weighted by Gasteiger charge is -2.22. The first kappa shape index (κ1) is 17.8. The Labute approximate surface area is 139 Å². The summed E-state index contributed by atoms with van der Waals surface area (Å²) in [5.41, 5.74) is 0.498. The molecule has 7 heteroatoms. The summed E-state index contributed by atoms with van der Waals surface area (Å²) in [7, 11) is 1.56. The van der Waals surface area contributed by atoms with Gasteiger partial charge in [-0.15, -0.1) is 0 Å². The van der Waals surface area contributed by atoms with E-state index in [1.807, 2.05) is 30.3 Å². The van der Waals surface area contributed by atoms with Crippen molar-refractivity contribution < 1.29 is 19.2 Å². The largest absolute Gasteiger partial charge is 0.389 e. The van der Waals surface area contributed by atoms with Gasteiger partial charge in [-0.3, -0.25) is 10.1 Å². The molecule has 1 N–H and O–H groups in total. The maximum absolute atomic E-state index is 13.6. The monoisotopic (exact) mass is 334 g/mol. The van der Waals surface area contributed by atoms with Crippen molar-refractivity contribution in [1.82, 2.24) is 0 Å². The third-order valence-electron chi connectivity index (χ3n) is 3.47. The van der Waals surface area contributed by atoms with Crippen molar-refractivity contribution in [2.45, 2.75) is 12.7 Å². The van der Waals surface area contributed by atoms with Gasteiger partial charge in [0, 0.05) is 13.6 Å². The minimum atomic E-state index is -0.904. The smallest absolute Gasteiger partial charge is 0.327 e. The summed E-state index contributed by atoms with van der Waals surface area (Å²) >= 11 is 0. The number of likely N-dealkylation sites (N-methyl/N-ethyl adjacent to an activating group) is 1. The molecule has 0 spiro atoms. The van der Waals surface area contributed by atoms with E-state index in [2.05, 4.69) is 0 Å². The molecule has 0 aliphatic carbocycles. The van der Waals surface area contributed by atoms with Gasteiger partial charge in [-0.1, -0.05) is 36.4 Å². The van der Waals surface area contributed by atoms with E-state index in [1.54, 1.807) is 7.05 Å². The Bertz CT molecular complexity index is 682. The number of benzene rings is 2.